The highest BCUT2D eigenvalue weighted by atomic mass is 14.9. The molecular formula is C13H19N3. The number of aromatic nitrogens is 1. The van der Waals surface area contributed by atoms with Crippen molar-refractivity contribution >= 4 is 10.9 Å². The monoisotopic (exact) mass is 217 g/mol. The second-order valence-corrected chi connectivity index (χ2v) is 4.26. The highest BCUT2D eigenvalue weighted by Gasteiger charge is 2.01. The van der Waals surface area contributed by atoms with E-state index in [-0.39, 0.29) is 0 Å². The number of hydrogen-bond donors (Lipinski definition) is 3. The third-order valence-corrected chi connectivity index (χ3v) is 2.87. The minimum Gasteiger partial charge on any atom is -0.361 e. The topological polar surface area (TPSA) is 53.8 Å². The minimum atomic E-state index is 0.479. The maximum Gasteiger partial charge on any atom is 0.0454 e. The Kier molecular flexibility index (Phi) is 3.59. The van der Waals surface area contributed by atoms with Gasteiger partial charge in [-0.1, -0.05) is 6.07 Å². The molecule has 0 fully saturated rings. The van der Waals surface area contributed by atoms with Crippen molar-refractivity contribution in [2.24, 2.45) is 5.73 Å². The molecule has 3 nitrogen and oxygen atoms in total. The third-order valence-electron chi connectivity index (χ3n) is 2.87. The first-order chi connectivity index (χ1) is 7.79. The van der Waals surface area contributed by atoms with E-state index in [1.165, 1.54) is 16.5 Å². The van der Waals surface area contributed by atoms with Crippen LogP contribution >= 0.6 is 0 Å². The van der Waals surface area contributed by atoms with E-state index in [9.17, 15) is 0 Å². The highest BCUT2D eigenvalue weighted by molar-refractivity contribution is 5.79. The largest absolute Gasteiger partial charge is 0.361 e. The number of rotatable bonds is 5. The normalized spacial score (nSPS) is 13.1. The molecule has 1 aromatic heterocycles. The summed E-state index contributed by atoms with van der Waals surface area (Å²) in [5, 5.41) is 4.74. The van der Waals surface area contributed by atoms with E-state index in [4.69, 9.17) is 5.73 Å². The standard InChI is InChI=1S/C13H19N3/c1-10(4-6-14)16-9-11-2-3-13-12(8-11)5-7-15-13/h2-3,5,7-8,10,15-16H,4,6,9,14H2,1H3. The summed E-state index contributed by atoms with van der Waals surface area (Å²) >= 11 is 0. The van der Waals surface area contributed by atoms with Crippen molar-refractivity contribution < 1.29 is 0 Å². The fourth-order valence-corrected chi connectivity index (χ4v) is 1.86. The van der Waals surface area contributed by atoms with Gasteiger partial charge in [-0.2, -0.15) is 0 Å². The Balaban J connectivity index is 1.98. The van der Waals surface area contributed by atoms with Gasteiger partial charge in [0.2, 0.25) is 0 Å². The maximum absolute atomic E-state index is 5.51. The Morgan fingerprint density at radius 2 is 2.25 bits per heavy atom. The highest BCUT2D eigenvalue weighted by Crippen LogP contribution is 2.14. The molecule has 0 radical (unpaired) electrons. The predicted molar refractivity (Wildman–Crippen MR) is 68.3 cm³/mol. The molecular weight excluding hydrogens is 198 g/mol. The molecule has 0 spiro atoms. The van der Waals surface area contributed by atoms with Crippen LogP contribution in [0.5, 0.6) is 0 Å². The molecule has 1 unspecified atom stereocenters. The second kappa shape index (κ2) is 5.14. The zero-order valence-electron chi connectivity index (χ0n) is 9.66. The number of nitrogens with two attached hydrogens (primary N) is 1. The Morgan fingerprint density at radius 1 is 1.38 bits per heavy atom. The molecule has 16 heavy (non-hydrogen) atoms. The first kappa shape index (κ1) is 11.2. The van der Waals surface area contributed by atoms with Crippen molar-refractivity contribution in [1.29, 1.82) is 0 Å². The van der Waals surface area contributed by atoms with Crippen LogP contribution in [-0.4, -0.2) is 17.6 Å². The van der Waals surface area contributed by atoms with E-state index in [1.807, 2.05) is 6.20 Å². The molecule has 0 aliphatic heterocycles. The third kappa shape index (κ3) is 2.62. The molecule has 0 saturated heterocycles. The van der Waals surface area contributed by atoms with E-state index in [0.717, 1.165) is 19.5 Å². The van der Waals surface area contributed by atoms with Gasteiger partial charge < -0.3 is 16.0 Å². The zero-order valence-corrected chi connectivity index (χ0v) is 9.66. The van der Waals surface area contributed by atoms with Crippen LogP contribution in [0.2, 0.25) is 0 Å². The summed E-state index contributed by atoms with van der Waals surface area (Å²) in [6, 6.07) is 9.07. The van der Waals surface area contributed by atoms with Gasteiger partial charge in [-0.15, -0.1) is 0 Å². The fraction of sp³-hybridized carbons (Fsp3) is 0.385. The summed E-state index contributed by atoms with van der Waals surface area (Å²) in [7, 11) is 0. The van der Waals surface area contributed by atoms with Gasteiger partial charge in [-0.05, 0) is 49.0 Å². The zero-order chi connectivity index (χ0) is 11.4. The van der Waals surface area contributed by atoms with Crippen molar-refractivity contribution in [1.82, 2.24) is 10.3 Å². The Hall–Kier alpha value is -1.32. The number of fused-ring (bicyclic) bond motifs is 1. The van der Waals surface area contributed by atoms with Gasteiger partial charge in [-0.3, -0.25) is 0 Å². The summed E-state index contributed by atoms with van der Waals surface area (Å²) in [5.74, 6) is 0. The lowest BCUT2D eigenvalue weighted by Crippen LogP contribution is -2.27. The van der Waals surface area contributed by atoms with Gasteiger partial charge in [0, 0.05) is 24.3 Å². The summed E-state index contributed by atoms with van der Waals surface area (Å²) in [5.41, 5.74) is 8.02. The van der Waals surface area contributed by atoms with E-state index < -0.39 is 0 Å². The van der Waals surface area contributed by atoms with Crippen molar-refractivity contribution in [3.8, 4) is 0 Å². The van der Waals surface area contributed by atoms with E-state index in [1.54, 1.807) is 0 Å². The lowest BCUT2D eigenvalue weighted by molar-refractivity contribution is 0.520. The van der Waals surface area contributed by atoms with Crippen molar-refractivity contribution in [3.05, 3.63) is 36.0 Å². The van der Waals surface area contributed by atoms with Gasteiger partial charge in [0.05, 0.1) is 0 Å². The predicted octanol–water partition coefficient (Wildman–Crippen LogP) is 1.99. The Bertz CT molecular complexity index is 447. The number of aromatic amines is 1. The smallest absolute Gasteiger partial charge is 0.0454 e. The molecule has 3 heteroatoms. The van der Waals surface area contributed by atoms with E-state index in [2.05, 4.69) is 41.5 Å². The van der Waals surface area contributed by atoms with Crippen molar-refractivity contribution in [3.63, 3.8) is 0 Å². The number of H-pyrrole nitrogens is 1. The Labute approximate surface area is 96.0 Å². The molecule has 0 amide bonds. The van der Waals surface area contributed by atoms with Gasteiger partial charge >= 0.3 is 0 Å². The second-order valence-electron chi connectivity index (χ2n) is 4.26. The fourth-order valence-electron chi connectivity index (χ4n) is 1.86. The molecule has 1 aromatic carbocycles. The summed E-state index contributed by atoms with van der Waals surface area (Å²) in [6.45, 7) is 3.81. The van der Waals surface area contributed by atoms with Crippen LogP contribution in [0.25, 0.3) is 10.9 Å². The lowest BCUT2D eigenvalue weighted by atomic mass is 10.1. The summed E-state index contributed by atoms with van der Waals surface area (Å²) < 4.78 is 0. The van der Waals surface area contributed by atoms with Gasteiger partial charge in [-0.25, -0.2) is 0 Å². The van der Waals surface area contributed by atoms with Crippen LogP contribution in [0.3, 0.4) is 0 Å². The molecule has 1 atom stereocenters. The molecule has 86 valence electrons. The molecule has 0 saturated carbocycles. The van der Waals surface area contributed by atoms with Gasteiger partial charge in [0.1, 0.15) is 0 Å². The first-order valence-electron chi connectivity index (χ1n) is 5.79. The van der Waals surface area contributed by atoms with Crippen LogP contribution in [0.4, 0.5) is 0 Å². The summed E-state index contributed by atoms with van der Waals surface area (Å²) in [6.07, 6.45) is 2.99. The average Bonchev–Trinajstić information content (AvgIpc) is 2.74. The molecule has 0 aliphatic carbocycles. The van der Waals surface area contributed by atoms with Crippen LogP contribution < -0.4 is 11.1 Å². The number of hydrogen-bond acceptors (Lipinski definition) is 2. The molecule has 0 bridgehead atoms. The maximum atomic E-state index is 5.51. The molecule has 0 aliphatic rings. The van der Waals surface area contributed by atoms with Crippen molar-refractivity contribution in [2.75, 3.05) is 6.54 Å². The molecule has 2 rings (SSSR count). The molecule has 2 aromatic rings. The number of nitrogens with one attached hydrogen (secondary N) is 2. The van der Waals surface area contributed by atoms with Crippen LogP contribution in [0, 0.1) is 0 Å². The van der Waals surface area contributed by atoms with Crippen LogP contribution in [0.15, 0.2) is 30.5 Å². The van der Waals surface area contributed by atoms with Gasteiger partial charge in [0.25, 0.3) is 0 Å². The molecule has 1 heterocycles. The first-order valence-corrected chi connectivity index (χ1v) is 5.79. The lowest BCUT2D eigenvalue weighted by Gasteiger charge is -2.12. The average molecular weight is 217 g/mol. The van der Waals surface area contributed by atoms with Gasteiger partial charge in [0.15, 0.2) is 0 Å². The van der Waals surface area contributed by atoms with E-state index in [0.29, 0.717) is 6.04 Å². The summed E-state index contributed by atoms with van der Waals surface area (Å²) in [4.78, 5) is 3.19. The SMILES string of the molecule is CC(CCN)NCc1ccc2[nH]ccc2c1. The van der Waals surface area contributed by atoms with E-state index >= 15 is 0 Å². The Morgan fingerprint density at radius 3 is 3.06 bits per heavy atom. The quantitative estimate of drug-likeness (QED) is 0.717. The van der Waals surface area contributed by atoms with Crippen molar-refractivity contribution in [2.45, 2.75) is 25.9 Å². The minimum absolute atomic E-state index is 0.479. The molecule has 4 N–H and O–H groups in total. The number of benzene rings is 1. The van der Waals surface area contributed by atoms with Crippen LogP contribution in [0.1, 0.15) is 18.9 Å². The van der Waals surface area contributed by atoms with Crippen LogP contribution in [-0.2, 0) is 6.54 Å².